The summed E-state index contributed by atoms with van der Waals surface area (Å²) in [5.41, 5.74) is 4.16. The third-order valence-corrected chi connectivity index (χ3v) is 4.57. The molecule has 3 aromatic heterocycles. The predicted molar refractivity (Wildman–Crippen MR) is 118 cm³/mol. The van der Waals surface area contributed by atoms with Crippen molar-refractivity contribution >= 4 is 17.6 Å². The minimum atomic E-state index is -0.681. The number of hydrogen-bond acceptors (Lipinski definition) is 4. The molecule has 31 heavy (non-hydrogen) atoms. The highest BCUT2D eigenvalue weighted by Gasteiger charge is 2.17. The van der Waals surface area contributed by atoms with E-state index in [1.54, 1.807) is 32.9 Å². The van der Waals surface area contributed by atoms with Crippen molar-refractivity contribution in [2.24, 2.45) is 0 Å². The van der Waals surface area contributed by atoms with Crippen LogP contribution in [0.4, 0.5) is 15.0 Å². The van der Waals surface area contributed by atoms with Crippen LogP contribution in [0.5, 0.6) is 0 Å². The zero-order valence-electron chi connectivity index (χ0n) is 17.8. The lowest BCUT2D eigenvalue weighted by atomic mass is 10.0. The summed E-state index contributed by atoms with van der Waals surface area (Å²) < 4.78 is 21.8. The summed E-state index contributed by atoms with van der Waals surface area (Å²) in [6.07, 6.45) is 3.31. The Bertz CT molecular complexity index is 1260. The minimum Gasteiger partial charge on any atom is -0.444 e. The molecule has 1 aromatic carbocycles. The van der Waals surface area contributed by atoms with Crippen molar-refractivity contribution in [1.29, 1.82) is 0 Å². The predicted octanol–water partition coefficient (Wildman–Crippen LogP) is 5.86. The van der Waals surface area contributed by atoms with Gasteiger partial charge < -0.3 is 9.14 Å². The zero-order valence-corrected chi connectivity index (χ0v) is 17.8. The summed E-state index contributed by atoms with van der Waals surface area (Å²) in [6.45, 7) is 7.28. The highest BCUT2D eigenvalue weighted by molar-refractivity contribution is 5.84. The van der Waals surface area contributed by atoms with E-state index in [2.05, 4.69) is 15.3 Å². The molecule has 1 N–H and O–H groups in total. The molecule has 0 fully saturated rings. The molecule has 3 heterocycles. The number of carbonyl (C=O) groups excluding carboxylic acids is 1. The van der Waals surface area contributed by atoms with Crippen LogP contribution < -0.4 is 5.32 Å². The molecule has 4 aromatic rings. The number of rotatable bonds is 3. The van der Waals surface area contributed by atoms with Crippen LogP contribution in [0.1, 0.15) is 26.3 Å². The summed E-state index contributed by atoms with van der Waals surface area (Å²) in [6, 6.07) is 14.6. The normalized spacial score (nSPS) is 11.5. The molecule has 0 saturated heterocycles. The van der Waals surface area contributed by atoms with Gasteiger partial charge in [-0.25, -0.2) is 14.8 Å². The summed E-state index contributed by atoms with van der Waals surface area (Å²) in [5, 5.41) is 2.44. The van der Waals surface area contributed by atoms with Crippen LogP contribution >= 0.6 is 0 Å². The number of aryl methyl sites for hydroxylation is 1. The van der Waals surface area contributed by atoms with Gasteiger partial charge in [0, 0.05) is 23.5 Å². The quantitative estimate of drug-likeness (QED) is 0.423. The number of halogens is 1. The van der Waals surface area contributed by atoms with Crippen molar-refractivity contribution in [3.8, 4) is 22.4 Å². The van der Waals surface area contributed by atoms with Gasteiger partial charge in [-0.05, 0) is 57.0 Å². The maximum absolute atomic E-state index is 14.6. The molecule has 158 valence electrons. The van der Waals surface area contributed by atoms with Crippen molar-refractivity contribution in [1.82, 2.24) is 14.4 Å². The van der Waals surface area contributed by atoms with Gasteiger partial charge in [0.25, 0.3) is 0 Å². The van der Waals surface area contributed by atoms with Crippen LogP contribution in [0.3, 0.4) is 0 Å². The van der Waals surface area contributed by atoms with Gasteiger partial charge >= 0.3 is 6.09 Å². The molecule has 0 unspecified atom stereocenters. The molecule has 7 heteroatoms. The van der Waals surface area contributed by atoms with Crippen LogP contribution in [0.15, 0.2) is 60.9 Å². The van der Waals surface area contributed by atoms with Gasteiger partial charge in [0.2, 0.25) is 5.95 Å². The average molecular weight is 418 g/mol. The van der Waals surface area contributed by atoms with E-state index in [4.69, 9.17) is 4.74 Å². The van der Waals surface area contributed by atoms with E-state index in [1.807, 2.05) is 60.1 Å². The molecule has 0 spiro atoms. The van der Waals surface area contributed by atoms with Crippen molar-refractivity contribution in [3.05, 3.63) is 72.4 Å². The highest BCUT2D eigenvalue weighted by Crippen LogP contribution is 2.27. The van der Waals surface area contributed by atoms with E-state index in [0.717, 1.165) is 22.5 Å². The number of nitrogens with one attached hydrogen (secondary N) is 1. The van der Waals surface area contributed by atoms with E-state index < -0.39 is 17.6 Å². The lowest BCUT2D eigenvalue weighted by molar-refractivity contribution is 0.0635. The molecule has 0 atom stereocenters. The SMILES string of the molecule is Cc1ccc2nc(-c3ccc(-c4ccc(NC(=O)OC(C)(C)C)nc4F)cc3)cn2c1. The van der Waals surface area contributed by atoms with Gasteiger partial charge in [-0.1, -0.05) is 30.3 Å². The number of pyridine rings is 2. The first kappa shape index (κ1) is 20.5. The molecule has 0 saturated carbocycles. The summed E-state index contributed by atoms with van der Waals surface area (Å²) in [7, 11) is 0. The fourth-order valence-electron chi connectivity index (χ4n) is 3.19. The van der Waals surface area contributed by atoms with Crippen LogP contribution in [0.25, 0.3) is 28.0 Å². The number of hydrogen-bond donors (Lipinski definition) is 1. The van der Waals surface area contributed by atoms with Gasteiger partial charge in [0.15, 0.2) is 0 Å². The molecule has 0 aliphatic rings. The molecule has 0 aliphatic carbocycles. The van der Waals surface area contributed by atoms with Crippen LogP contribution in [0.2, 0.25) is 0 Å². The van der Waals surface area contributed by atoms with Crippen molar-refractivity contribution in [3.63, 3.8) is 0 Å². The molecule has 4 rings (SSSR count). The molecule has 0 aliphatic heterocycles. The standard InChI is InChI=1S/C24H23FN4O2/c1-15-5-12-21-26-19(14-29(21)13-15)17-8-6-16(7-9-17)18-10-11-20(27-22(18)25)28-23(30)31-24(2,3)4/h5-14H,1-4H3,(H,27,28,30). The van der Waals surface area contributed by atoms with Crippen LogP contribution in [-0.4, -0.2) is 26.1 Å². The number of imidazole rings is 1. The van der Waals surface area contributed by atoms with Crippen molar-refractivity contribution in [2.45, 2.75) is 33.3 Å². The summed E-state index contributed by atoms with van der Waals surface area (Å²) in [5.74, 6) is -0.586. The fraction of sp³-hybridized carbons (Fsp3) is 0.208. The molecule has 6 nitrogen and oxygen atoms in total. The largest absolute Gasteiger partial charge is 0.444 e. The second-order valence-electron chi connectivity index (χ2n) is 8.34. The number of nitrogens with zero attached hydrogens (tertiary/aromatic N) is 3. The lowest BCUT2D eigenvalue weighted by Gasteiger charge is -2.19. The smallest absolute Gasteiger partial charge is 0.413 e. The first-order valence-corrected chi connectivity index (χ1v) is 9.91. The lowest BCUT2D eigenvalue weighted by Crippen LogP contribution is -2.27. The van der Waals surface area contributed by atoms with Crippen LogP contribution in [0, 0.1) is 12.9 Å². The Labute approximate surface area is 179 Å². The average Bonchev–Trinajstić information content (AvgIpc) is 3.10. The van der Waals surface area contributed by atoms with E-state index in [9.17, 15) is 9.18 Å². The van der Waals surface area contributed by atoms with Crippen molar-refractivity contribution < 1.29 is 13.9 Å². The zero-order chi connectivity index (χ0) is 22.2. The Hall–Kier alpha value is -3.74. The van der Waals surface area contributed by atoms with Crippen LogP contribution in [-0.2, 0) is 4.74 Å². The third-order valence-electron chi connectivity index (χ3n) is 4.57. The number of anilines is 1. The first-order chi connectivity index (χ1) is 14.7. The molecular weight excluding hydrogens is 395 g/mol. The Balaban J connectivity index is 1.53. The number of amides is 1. The van der Waals surface area contributed by atoms with Crippen molar-refractivity contribution in [2.75, 3.05) is 5.32 Å². The van der Waals surface area contributed by atoms with Gasteiger partial charge in [-0.3, -0.25) is 5.32 Å². The van der Waals surface area contributed by atoms with Gasteiger partial charge in [-0.15, -0.1) is 0 Å². The Kier molecular flexibility index (Phi) is 5.19. The molecule has 0 bridgehead atoms. The monoisotopic (exact) mass is 418 g/mol. The number of fused-ring (bicyclic) bond motifs is 1. The van der Waals surface area contributed by atoms with E-state index in [0.29, 0.717) is 11.1 Å². The molecular formula is C24H23FN4O2. The Morgan fingerprint density at radius 2 is 1.68 bits per heavy atom. The summed E-state index contributed by atoms with van der Waals surface area (Å²) in [4.78, 5) is 20.3. The minimum absolute atomic E-state index is 0.0899. The first-order valence-electron chi connectivity index (χ1n) is 9.91. The summed E-state index contributed by atoms with van der Waals surface area (Å²) >= 11 is 0. The van der Waals surface area contributed by atoms with E-state index >= 15 is 0 Å². The van der Waals surface area contributed by atoms with Gasteiger partial charge in [0.05, 0.1) is 5.69 Å². The number of benzene rings is 1. The second-order valence-corrected chi connectivity index (χ2v) is 8.34. The Morgan fingerprint density at radius 1 is 0.968 bits per heavy atom. The Morgan fingerprint density at radius 3 is 2.35 bits per heavy atom. The highest BCUT2D eigenvalue weighted by atomic mass is 19.1. The third kappa shape index (κ3) is 4.71. The maximum Gasteiger partial charge on any atom is 0.413 e. The molecule has 0 radical (unpaired) electrons. The van der Waals surface area contributed by atoms with Gasteiger partial charge in [-0.2, -0.15) is 4.39 Å². The second kappa shape index (κ2) is 7.83. The maximum atomic E-state index is 14.6. The molecule has 1 amide bonds. The van der Waals surface area contributed by atoms with E-state index in [-0.39, 0.29) is 5.82 Å². The number of aromatic nitrogens is 3. The number of ether oxygens (including phenoxy) is 1. The van der Waals surface area contributed by atoms with E-state index in [1.165, 1.54) is 0 Å². The topological polar surface area (TPSA) is 68.5 Å². The van der Waals surface area contributed by atoms with Gasteiger partial charge in [0.1, 0.15) is 17.1 Å². The number of carbonyl (C=O) groups is 1. The fourth-order valence-corrected chi connectivity index (χ4v) is 3.19.